The molecule has 1 aliphatic rings. The maximum absolute atomic E-state index is 14.3. The molecule has 0 aliphatic carbocycles. The monoisotopic (exact) mass is 295 g/mol. The summed E-state index contributed by atoms with van der Waals surface area (Å²) in [6.07, 6.45) is 1.53. The van der Waals surface area contributed by atoms with Crippen LogP contribution in [0.3, 0.4) is 0 Å². The third kappa shape index (κ3) is 3.71. The number of ether oxygens (including phenoxy) is 1. The Labute approximate surface area is 124 Å². The molecule has 1 aromatic carbocycles. The Morgan fingerprint density at radius 1 is 1.57 bits per heavy atom. The van der Waals surface area contributed by atoms with Crippen LogP contribution in [0, 0.1) is 5.82 Å². The lowest BCUT2D eigenvalue weighted by Crippen LogP contribution is -2.41. The molecule has 1 heterocycles. The van der Waals surface area contributed by atoms with Crippen molar-refractivity contribution < 1.29 is 13.9 Å². The van der Waals surface area contributed by atoms with Crippen molar-refractivity contribution in [2.75, 3.05) is 31.7 Å². The van der Waals surface area contributed by atoms with E-state index in [4.69, 9.17) is 10.5 Å². The maximum atomic E-state index is 14.3. The molecule has 0 spiro atoms. The highest BCUT2D eigenvalue weighted by Crippen LogP contribution is 2.31. The zero-order valence-electron chi connectivity index (χ0n) is 12.3. The number of methoxy groups -OCH3 is 1. The Kier molecular flexibility index (Phi) is 5.52. The number of nitrogens with two attached hydrogens (primary N) is 1. The van der Waals surface area contributed by atoms with Crippen molar-refractivity contribution in [1.82, 2.24) is 5.32 Å². The predicted octanol–water partition coefficient (Wildman–Crippen LogP) is 1.02. The molecule has 116 valence electrons. The lowest BCUT2D eigenvalue weighted by molar-refractivity contribution is -0.119. The van der Waals surface area contributed by atoms with Crippen LogP contribution in [0.5, 0.6) is 0 Å². The van der Waals surface area contributed by atoms with Gasteiger partial charge in [-0.3, -0.25) is 4.79 Å². The minimum atomic E-state index is -0.417. The molecule has 3 N–H and O–H groups in total. The molecule has 0 bridgehead atoms. The number of carbonyl (C=O) groups is 1. The van der Waals surface area contributed by atoms with Gasteiger partial charge in [0.15, 0.2) is 0 Å². The van der Waals surface area contributed by atoms with Crippen molar-refractivity contribution in [3.63, 3.8) is 0 Å². The van der Waals surface area contributed by atoms with Crippen molar-refractivity contribution >= 4 is 11.6 Å². The average molecular weight is 295 g/mol. The second-order valence-corrected chi connectivity index (χ2v) is 5.17. The number of para-hydroxylation sites is 1. The SMILES string of the molecule is COCCNCc1cccc(F)c1N1CCCC1C(N)=O. The standard InChI is InChI=1S/C15H22FN3O2/c1-21-9-7-18-10-11-4-2-5-12(16)14(11)19-8-3-6-13(19)15(17)20/h2,4-5,13,18H,3,6-10H2,1H3,(H2,17,20). The van der Waals surface area contributed by atoms with Gasteiger partial charge in [-0.05, 0) is 24.5 Å². The van der Waals surface area contributed by atoms with Crippen molar-refractivity contribution in [3.8, 4) is 0 Å². The molecule has 21 heavy (non-hydrogen) atoms. The number of hydrogen-bond donors (Lipinski definition) is 2. The molecule has 1 amide bonds. The number of anilines is 1. The van der Waals surface area contributed by atoms with Crippen molar-refractivity contribution in [2.45, 2.75) is 25.4 Å². The smallest absolute Gasteiger partial charge is 0.240 e. The Morgan fingerprint density at radius 2 is 2.38 bits per heavy atom. The van der Waals surface area contributed by atoms with E-state index in [1.54, 1.807) is 18.1 Å². The minimum absolute atomic E-state index is 0.311. The predicted molar refractivity (Wildman–Crippen MR) is 79.5 cm³/mol. The number of halogens is 1. The number of nitrogens with zero attached hydrogens (tertiary/aromatic N) is 1. The van der Waals surface area contributed by atoms with E-state index in [-0.39, 0.29) is 5.82 Å². The zero-order valence-corrected chi connectivity index (χ0v) is 12.3. The van der Waals surface area contributed by atoms with Crippen molar-refractivity contribution in [1.29, 1.82) is 0 Å². The molecule has 1 fully saturated rings. The first-order valence-corrected chi connectivity index (χ1v) is 7.18. The van der Waals surface area contributed by atoms with E-state index in [1.807, 2.05) is 6.07 Å². The molecule has 1 atom stereocenters. The summed E-state index contributed by atoms with van der Waals surface area (Å²) >= 11 is 0. The van der Waals surface area contributed by atoms with Gasteiger partial charge in [-0.1, -0.05) is 12.1 Å². The van der Waals surface area contributed by atoms with Crippen molar-refractivity contribution in [3.05, 3.63) is 29.6 Å². The van der Waals surface area contributed by atoms with E-state index in [0.717, 1.165) is 12.0 Å². The van der Waals surface area contributed by atoms with E-state index in [0.29, 0.717) is 38.3 Å². The molecule has 0 aromatic heterocycles. The molecule has 1 saturated heterocycles. The van der Waals surface area contributed by atoms with E-state index in [9.17, 15) is 9.18 Å². The summed E-state index contributed by atoms with van der Waals surface area (Å²) < 4.78 is 19.2. The zero-order chi connectivity index (χ0) is 15.2. The Hall–Kier alpha value is -1.66. The third-order valence-electron chi connectivity index (χ3n) is 3.74. The number of primary amides is 1. The van der Waals surface area contributed by atoms with E-state index < -0.39 is 11.9 Å². The van der Waals surface area contributed by atoms with Gasteiger partial charge in [0, 0.05) is 26.7 Å². The van der Waals surface area contributed by atoms with E-state index in [2.05, 4.69) is 5.32 Å². The van der Waals surface area contributed by atoms with Crippen LogP contribution in [0.2, 0.25) is 0 Å². The number of rotatable bonds is 7. The fraction of sp³-hybridized carbons (Fsp3) is 0.533. The molecule has 6 heteroatoms. The van der Waals surface area contributed by atoms with Gasteiger partial charge in [0.05, 0.1) is 12.3 Å². The van der Waals surface area contributed by atoms with Crippen molar-refractivity contribution in [2.24, 2.45) is 5.73 Å². The normalized spacial score (nSPS) is 18.2. The first-order valence-electron chi connectivity index (χ1n) is 7.18. The topological polar surface area (TPSA) is 67.6 Å². The average Bonchev–Trinajstić information content (AvgIpc) is 2.93. The van der Waals surface area contributed by atoms with E-state index >= 15 is 0 Å². The van der Waals surface area contributed by atoms with Crippen LogP contribution in [-0.4, -0.2) is 38.8 Å². The Balaban J connectivity index is 2.19. The van der Waals surface area contributed by atoms with Gasteiger partial charge in [-0.25, -0.2) is 4.39 Å². The molecule has 2 rings (SSSR count). The van der Waals surface area contributed by atoms with Crippen LogP contribution >= 0.6 is 0 Å². The highest BCUT2D eigenvalue weighted by Gasteiger charge is 2.31. The third-order valence-corrected chi connectivity index (χ3v) is 3.74. The molecular formula is C15H22FN3O2. The molecular weight excluding hydrogens is 273 g/mol. The fourth-order valence-electron chi connectivity index (χ4n) is 2.75. The summed E-state index contributed by atoms with van der Waals surface area (Å²) in [5, 5.41) is 3.20. The molecule has 1 aliphatic heterocycles. The van der Waals surface area contributed by atoms with E-state index in [1.165, 1.54) is 6.07 Å². The number of benzene rings is 1. The number of hydrogen-bond acceptors (Lipinski definition) is 4. The first kappa shape index (κ1) is 15.7. The lowest BCUT2D eigenvalue weighted by Gasteiger charge is -2.27. The molecule has 0 radical (unpaired) electrons. The highest BCUT2D eigenvalue weighted by atomic mass is 19.1. The van der Waals surface area contributed by atoms with Crippen LogP contribution in [0.4, 0.5) is 10.1 Å². The number of amides is 1. The summed E-state index contributed by atoms with van der Waals surface area (Å²) in [5.41, 5.74) is 6.75. The quantitative estimate of drug-likeness (QED) is 0.737. The van der Waals surface area contributed by atoms with Crippen LogP contribution in [0.15, 0.2) is 18.2 Å². The van der Waals surface area contributed by atoms with Crippen LogP contribution < -0.4 is 16.0 Å². The van der Waals surface area contributed by atoms with Gasteiger partial charge >= 0.3 is 0 Å². The van der Waals surface area contributed by atoms with Gasteiger partial charge in [-0.2, -0.15) is 0 Å². The largest absolute Gasteiger partial charge is 0.383 e. The van der Waals surface area contributed by atoms with Gasteiger partial charge in [0.1, 0.15) is 11.9 Å². The molecule has 0 saturated carbocycles. The van der Waals surface area contributed by atoms with Crippen LogP contribution in [-0.2, 0) is 16.1 Å². The van der Waals surface area contributed by atoms with Gasteiger partial charge in [-0.15, -0.1) is 0 Å². The summed E-state index contributed by atoms with van der Waals surface area (Å²) in [6.45, 7) is 2.46. The molecule has 1 aromatic rings. The Morgan fingerprint density at radius 3 is 3.10 bits per heavy atom. The molecule has 1 unspecified atom stereocenters. The van der Waals surface area contributed by atoms with Crippen LogP contribution in [0.25, 0.3) is 0 Å². The van der Waals surface area contributed by atoms with Gasteiger partial charge in [0.25, 0.3) is 0 Å². The van der Waals surface area contributed by atoms with Crippen LogP contribution in [0.1, 0.15) is 18.4 Å². The highest BCUT2D eigenvalue weighted by molar-refractivity contribution is 5.84. The summed E-state index contributed by atoms with van der Waals surface area (Å²) in [7, 11) is 1.64. The molecule has 5 nitrogen and oxygen atoms in total. The fourth-order valence-corrected chi connectivity index (χ4v) is 2.75. The number of carbonyl (C=O) groups excluding carboxylic acids is 1. The summed E-state index contributed by atoms with van der Waals surface area (Å²) in [6, 6.07) is 4.56. The maximum Gasteiger partial charge on any atom is 0.240 e. The second-order valence-electron chi connectivity index (χ2n) is 5.17. The lowest BCUT2D eigenvalue weighted by atomic mass is 10.1. The van der Waals surface area contributed by atoms with Gasteiger partial charge < -0.3 is 20.7 Å². The number of nitrogens with one attached hydrogen (secondary N) is 1. The van der Waals surface area contributed by atoms with Gasteiger partial charge in [0.2, 0.25) is 5.91 Å². The first-order chi connectivity index (χ1) is 10.1. The second kappa shape index (κ2) is 7.38. The Bertz CT molecular complexity index is 496. The summed E-state index contributed by atoms with van der Waals surface area (Å²) in [5.74, 6) is -0.705. The minimum Gasteiger partial charge on any atom is -0.383 e. The summed E-state index contributed by atoms with van der Waals surface area (Å²) in [4.78, 5) is 13.3.